The van der Waals surface area contributed by atoms with Crippen molar-refractivity contribution in [2.24, 2.45) is 0 Å². The van der Waals surface area contributed by atoms with E-state index in [4.69, 9.17) is 16.6 Å². The maximum absolute atomic E-state index is 13.4. The van der Waals surface area contributed by atoms with Crippen LogP contribution < -0.4 is 15.8 Å². The lowest BCUT2D eigenvalue weighted by Crippen LogP contribution is -2.31. The Morgan fingerprint density at radius 2 is 1.92 bits per heavy atom. The summed E-state index contributed by atoms with van der Waals surface area (Å²) in [5, 5.41) is 5.19. The fourth-order valence-corrected chi connectivity index (χ4v) is 5.78. The van der Waals surface area contributed by atoms with Crippen LogP contribution in [0.15, 0.2) is 41.2 Å². The number of rotatable bonds is 5. The molecule has 2 saturated heterocycles. The van der Waals surface area contributed by atoms with Crippen molar-refractivity contribution in [2.45, 2.75) is 24.9 Å². The number of likely N-dealkylation sites (N-methyl/N-ethyl adjacent to an activating group) is 2. The Morgan fingerprint density at radius 1 is 1.06 bits per heavy atom. The quantitative estimate of drug-likeness (QED) is 0.380. The number of fused-ring (bicyclic) bond motifs is 2. The van der Waals surface area contributed by atoms with Crippen LogP contribution in [0.5, 0.6) is 0 Å². The molecule has 4 aromatic rings. The Kier molecular flexibility index (Phi) is 5.90. The molecule has 0 unspecified atom stereocenters. The van der Waals surface area contributed by atoms with Crippen LogP contribution in [-0.2, 0) is 0 Å². The van der Waals surface area contributed by atoms with Gasteiger partial charge in [0.2, 0.25) is 0 Å². The van der Waals surface area contributed by atoms with E-state index in [1.165, 1.54) is 5.69 Å². The predicted molar refractivity (Wildman–Crippen MR) is 148 cm³/mol. The van der Waals surface area contributed by atoms with Gasteiger partial charge in [0.15, 0.2) is 0 Å². The predicted octanol–water partition coefficient (Wildman–Crippen LogP) is 3.98. The number of nitrogens with one attached hydrogen (secondary N) is 3. The second kappa shape index (κ2) is 9.10. The zero-order chi connectivity index (χ0) is 25.0. The first kappa shape index (κ1) is 23.3. The van der Waals surface area contributed by atoms with Gasteiger partial charge in [-0.1, -0.05) is 11.6 Å². The molecule has 0 amide bonds. The third-order valence-corrected chi connectivity index (χ3v) is 7.91. The lowest BCUT2D eigenvalue weighted by Gasteiger charge is -2.21. The number of hydrogen-bond acceptors (Lipinski definition) is 6. The van der Waals surface area contributed by atoms with Crippen molar-refractivity contribution in [1.29, 1.82) is 0 Å². The fourth-order valence-electron chi connectivity index (χ4n) is 5.61. The summed E-state index contributed by atoms with van der Waals surface area (Å²) in [6.07, 6.45) is 2.16. The summed E-state index contributed by atoms with van der Waals surface area (Å²) < 4.78 is 0. The summed E-state index contributed by atoms with van der Waals surface area (Å²) in [5.41, 5.74) is 4.82. The van der Waals surface area contributed by atoms with Gasteiger partial charge in [0, 0.05) is 47.8 Å². The van der Waals surface area contributed by atoms with Gasteiger partial charge in [-0.15, -0.1) is 0 Å². The van der Waals surface area contributed by atoms with Crippen LogP contribution in [0, 0.1) is 0 Å². The van der Waals surface area contributed by atoms with Gasteiger partial charge in [0.05, 0.1) is 22.2 Å². The summed E-state index contributed by atoms with van der Waals surface area (Å²) in [5.74, 6) is 0.562. The second-order valence-corrected chi connectivity index (χ2v) is 10.9. The molecular formula is C27H32ClN7O. The first-order valence-electron chi connectivity index (χ1n) is 12.6. The second-order valence-electron chi connectivity index (χ2n) is 10.4. The minimum absolute atomic E-state index is 0.175. The zero-order valence-corrected chi connectivity index (χ0v) is 21.7. The van der Waals surface area contributed by atoms with E-state index in [1.807, 2.05) is 18.2 Å². The number of nitrogens with zero attached hydrogens (tertiary/aromatic N) is 4. The van der Waals surface area contributed by atoms with E-state index in [1.54, 1.807) is 6.07 Å². The van der Waals surface area contributed by atoms with E-state index >= 15 is 0 Å². The molecule has 9 heteroatoms. The summed E-state index contributed by atoms with van der Waals surface area (Å²) in [4.78, 5) is 31.8. The summed E-state index contributed by atoms with van der Waals surface area (Å²) in [7, 11) is 6.40. The molecular weight excluding hydrogens is 474 g/mol. The number of halogens is 1. The Labute approximate surface area is 215 Å². The zero-order valence-electron chi connectivity index (χ0n) is 20.9. The van der Waals surface area contributed by atoms with Crippen LogP contribution in [-0.4, -0.2) is 84.2 Å². The molecule has 0 spiro atoms. The normalized spacial score (nSPS) is 20.9. The molecule has 4 heterocycles. The van der Waals surface area contributed by atoms with E-state index in [-0.39, 0.29) is 11.6 Å². The Morgan fingerprint density at radius 3 is 2.67 bits per heavy atom. The SMILES string of the molecule is CN1CC[C@H](Nc2c(-c3nc4ccc(N5CC[C@@H](N(C)C)C5)cc4[nH]3)c(=O)[nH]c3ccc(Cl)cc23)C1. The number of imidazole rings is 1. The summed E-state index contributed by atoms with van der Waals surface area (Å²) in [6.45, 7) is 3.98. The highest BCUT2D eigenvalue weighted by Gasteiger charge is 2.26. The molecule has 188 valence electrons. The Hall–Kier alpha value is -3.07. The molecule has 0 aliphatic carbocycles. The smallest absolute Gasteiger partial charge is 0.261 e. The van der Waals surface area contributed by atoms with Crippen molar-refractivity contribution in [3.8, 4) is 11.4 Å². The Balaban J connectivity index is 1.43. The lowest BCUT2D eigenvalue weighted by atomic mass is 10.1. The van der Waals surface area contributed by atoms with Crippen LogP contribution in [0.3, 0.4) is 0 Å². The monoisotopic (exact) mass is 505 g/mol. The van der Waals surface area contributed by atoms with Crippen molar-refractivity contribution in [2.75, 3.05) is 57.5 Å². The molecule has 8 nitrogen and oxygen atoms in total. The lowest BCUT2D eigenvalue weighted by molar-refractivity contribution is 0.315. The average molecular weight is 506 g/mol. The maximum atomic E-state index is 13.4. The molecule has 2 aliphatic rings. The number of anilines is 2. The number of benzene rings is 2. The van der Waals surface area contributed by atoms with E-state index in [2.05, 4.69) is 63.3 Å². The minimum atomic E-state index is -0.175. The molecule has 0 bridgehead atoms. The maximum Gasteiger partial charge on any atom is 0.261 e. The van der Waals surface area contributed by atoms with Gasteiger partial charge >= 0.3 is 0 Å². The van der Waals surface area contributed by atoms with E-state index in [9.17, 15) is 4.79 Å². The molecule has 2 atom stereocenters. The topological polar surface area (TPSA) is 83.3 Å². The van der Waals surface area contributed by atoms with Gasteiger partial charge < -0.3 is 30.0 Å². The van der Waals surface area contributed by atoms with Crippen LogP contribution in [0.25, 0.3) is 33.3 Å². The molecule has 3 N–H and O–H groups in total. The largest absolute Gasteiger partial charge is 0.380 e. The highest BCUT2D eigenvalue weighted by Crippen LogP contribution is 2.34. The first-order chi connectivity index (χ1) is 17.4. The van der Waals surface area contributed by atoms with E-state index < -0.39 is 0 Å². The van der Waals surface area contributed by atoms with Crippen molar-refractivity contribution in [3.63, 3.8) is 0 Å². The third-order valence-electron chi connectivity index (χ3n) is 7.68. The molecule has 0 radical (unpaired) electrons. The average Bonchev–Trinajstić information content (AvgIpc) is 3.58. The van der Waals surface area contributed by atoms with Crippen LogP contribution >= 0.6 is 11.6 Å². The summed E-state index contributed by atoms with van der Waals surface area (Å²) >= 11 is 6.38. The standard InChI is InChI=1S/C27H32ClN7O/c1-33(2)19-9-11-35(15-19)18-5-7-22-23(13-18)31-26(30-22)24-25(29-17-8-10-34(3)14-17)20-12-16(28)4-6-21(20)32-27(24)36/h4-7,12-13,17,19H,8-11,14-15H2,1-3H3,(H,30,31)(H2,29,32,36)/t17-,19+/m0/s1. The van der Waals surface area contributed by atoms with E-state index in [0.717, 1.165) is 66.6 Å². The number of H-pyrrole nitrogens is 2. The molecule has 2 aliphatic heterocycles. The molecule has 2 aromatic carbocycles. The van der Waals surface area contributed by atoms with Gasteiger partial charge in [-0.2, -0.15) is 0 Å². The third kappa shape index (κ3) is 4.23. The number of hydrogen-bond donors (Lipinski definition) is 3. The minimum Gasteiger partial charge on any atom is -0.380 e. The highest BCUT2D eigenvalue weighted by atomic mass is 35.5. The number of aromatic nitrogens is 3. The molecule has 36 heavy (non-hydrogen) atoms. The van der Waals surface area contributed by atoms with Gasteiger partial charge in [-0.05, 0) is 76.9 Å². The van der Waals surface area contributed by atoms with Gasteiger partial charge in [0.1, 0.15) is 11.4 Å². The fraction of sp³-hybridized carbons (Fsp3) is 0.407. The van der Waals surface area contributed by atoms with Gasteiger partial charge in [-0.25, -0.2) is 4.98 Å². The molecule has 2 aromatic heterocycles. The van der Waals surface area contributed by atoms with Crippen molar-refractivity contribution in [1.82, 2.24) is 24.8 Å². The van der Waals surface area contributed by atoms with Crippen LogP contribution in [0.4, 0.5) is 11.4 Å². The Bertz CT molecular complexity index is 1490. The van der Waals surface area contributed by atoms with Gasteiger partial charge in [0.25, 0.3) is 5.56 Å². The number of pyridine rings is 1. The van der Waals surface area contributed by atoms with E-state index in [0.29, 0.717) is 22.5 Å². The molecule has 0 saturated carbocycles. The number of likely N-dealkylation sites (tertiary alicyclic amines) is 1. The van der Waals surface area contributed by atoms with Crippen molar-refractivity contribution >= 4 is 44.9 Å². The van der Waals surface area contributed by atoms with Crippen LogP contribution in [0.2, 0.25) is 5.02 Å². The summed E-state index contributed by atoms with van der Waals surface area (Å²) in [6, 6.07) is 12.7. The first-order valence-corrected chi connectivity index (χ1v) is 13.0. The number of aromatic amines is 2. The highest BCUT2D eigenvalue weighted by molar-refractivity contribution is 6.31. The molecule has 6 rings (SSSR count). The van der Waals surface area contributed by atoms with Crippen molar-refractivity contribution in [3.05, 3.63) is 51.8 Å². The van der Waals surface area contributed by atoms with Gasteiger partial charge in [-0.3, -0.25) is 4.79 Å². The van der Waals surface area contributed by atoms with Crippen LogP contribution in [0.1, 0.15) is 12.8 Å². The van der Waals surface area contributed by atoms with Crippen molar-refractivity contribution < 1.29 is 0 Å². The molecule has 2 fully saturated rings.